The molecule has 2 aliphatic rings. The maximum Gasteiger partial charge on any atom is 0.216 e. The van der Waals surface area contributed by atoms with Crippen LogP contribution in [-0.4, -0.2) is 37.1 Å². The minimum Gasteiger partial charge on any atom is -0.475 e. The van der Waals surface area contributed by atoms with Gasteiger partial charge in [0.2, 0.25) is 11.8 Å². The van der Waals surface area contributed by atoms with Crippen molar-refractivity contribution < 1.29 is 9.47 Å². The van der Waals surface area contributed by atoms with Gasteiger partial charge in [0.1, 0.15) is 13.2 Å². The zero-order valence-corrected chi connectivity index (χ0v) is 10.6. The van der Waals surface area contributed by atoms with Gasteiger partial charge in [0.15, 0.2) is 0 Å². The Hall–Kier alpha value is -1.84. The van der Waals surface area contributed by atoms with Gasteiger partial charge >= 0.3 is 0 Å². The first kappa shape index (κ1) is 11.3. The molecular weight excluding hydrogens is 228 g/mol. The predicted octanol–water partition coefficient (Wildman–Crippen LogP) is 2.02. The summed E-state index contributed by atoms with van der Waals surface area (Å²) in [5.74, 6) is 1.47. The highest BCUT2D eigenvalue weighted by Gasteiger charge is 2.18. The molecule has 3 rings (SSSR count). The number of hydrogen-bond donors (Lipinski definition) is 0. The lowest BCUT2D eigenvalue weighted by molar-refractivity contribution is 0.323. The number of aliphatic imine (C=N–C) groups is 2. The van der Waals surface area contributed by atoms with Crippen LogP contribution in [0.25, 0.3) is 0 Å². The first-order valence-electron chi connectivity index (χ1n) is 6.24. The normalized spacial score (nSPS) is 26.3. The van der Waals surface area contributed by atoms with Crippen LogP contribution < -0.4 is 0 Å². The van der Waals surface area contributed by atoms with Crippen LogP contribution >= 0.6 is 0 Å². The van der Waals surface area contributed by atoms with E-state index in [2.05, 4.69) is 9.98 Å². The van der Waals surface area contributed by atoms with Crippen molar-refractivity contribution in [3.63, 3.8) is 0 Å². The summed E-state index contributed by atoms with van der Waals surface area (Å²) in [7, 11) is 0. The Balaban J connectivity index is 1.81. The Morgan fingerprint density at radius 3 is 1.50 bits per heavy atom. The van der Waals surface area contributed by atoms with Gasteiger partial charge < -0.3 is 9.47 Å². The van der Waals surface area contributed by atoms with Crippen LogP contribution in [-0.2, 0) is 9.47 Å². The lowest BCUT2D eigenvalue weighted by Crippen LogP contribution is -2.04. The summed E-state index contributed by atoms with van der Waals surface area (Å²) in [6.45, 7) is 5.43. The van der Waals surface area contributed by atoms with Crippen LogP contribution in [0.1, 0.15) is 25.0 Å². The number of rotatable bonds is 2. The Morgan fingerprint density at radius 1 is 0.833 bits per heavy atom. The molecule has 2 aliphatic heterocycles. The first-order valence-corrected chi connectivity index (χ1v) is 6.24. The molecule has 2 heterocycles. The van der Waals surface area contributed by atoms with E-state index in [9.17, 15) is 0 Å². The van der Waals surface area contributed by atoms with Crippen molar-refractivity contribution in [2.75, 3.05) is 13.2 Å². The fourth-order valence-electron chi connectivity index (χ4n) is 2.02. The van der Waals surface area contributed by atoms with Crippen molar-refractivity contribution in [3.05, 3.63) is 35.4 Å². The largest absolute Gasteiger partial charge is 0.475 e. The third-order valence-electron chi connectivity index (χ3n) is 2.98. The van der Waals surface area contributed by atoms with Gasteiger partial charge in [-0.25, -0.2) is 9.98 Å². The van der Waals surface area contributed by atoms with Gasteiger partial charge in [0, 0.05) is 11.1 Å². The second-order valence-corrected chi connectivity index (χ2v) is 4.77. The second-order valence-electron chi connectivity index (χ2n) is 4.77. The van der Waals surface area contributed by atoms with E-state index in [1.165, 1.54) is 0 Å². The molecule has 0 spiro atoms. The topological polar surface area (TPSA) is 43.2 Å². The highest BCUT2D eigenvalue weighted by atomic mass is 16.5. The highest BCUT2D eigenvalue weighted by molar-refractivity contribution is 5.98. The van der Waals surface area contributed by atoms with Crippen molar-refractivity contribution in [1.82, 2.24) is 0 Å². The molecule has 18 heavy (non-hydrogen) atoms. The molecule has 0 aliphatic carbocycles. The van der Waals surface area contributed by atoms with E-state index in [0.717, 1.165) is 22.9 Å². The van der Waals surface area contributed by atoms with Crippen LogP contribution in [0.5, 0.6) is 0 Å². The zero-order valence-electron chi connectivity index (χ0n) is 10.6. The van der Waals surface area contributed by atoms with Crippen LogP contribution in [0.3, 0.4) is 0 Å². The van der Waals surface area contributed by atoms with Gasteiger partial charge in [0.05, 0.1) is 12.1 Å². The molecule has 1 aromatic carbocycles. The molecule has 0 saturated heterocycles. The van der Waals surface area contributed by atoms with Gasteiger partial charge in [0.25, 0.3) is 0 Å². The number of nitrogens with zero attached hydrogens (tertiary/aromatic N) is 2. The molecule has 4 nitrogen and oxygen atoms in total. The average molecular weight is 244 g/mol. The predicted molar refractivity (Wildman–Crippen MR) is 70.3 cm³/mol. The Labute approximate surface area is 106 Å². The molecule has 0 saturated carbocycles. The molecule has 0 bridgehead atoms. The van der Waals surface area contributed by atoms with E-state index in [1.54, 1.807) is 0 Å². The van der Waals surface area contributed by atoms with E-state index in [4.69, 9.17) is 9.47 Å². The SMILES string of the molecule is C[C@@H]1COC(c2ccc(C3=N[C@H](C)CO3)cc2)=N1. The molecule has 1 aromatic rings. The van der Waals surface area contributed by atoms with E-state index >= 15 is 0 Å². The fraction of sp³-hybridized carbons (Fsp3) is 0.429. The highest BCUT2D eigenvalue weighted by Crippen LogP contribution is 2.16. The standard InChI is InChI=1S/C14H16N2O2/c1-9-7-17-13(15-9)11-3-5-12(6-4-11)14-16-10(2)8-18-14/h3-6,9-10H,7-8H2,1-2H3/t9-,10-/m1/s1. The van der Waals surface area contributed by atoms with E-state index in [1.807, 2.05) is 38.1 Å². The summed E-state index contributed by atoms with van der Waals surface area (Å²) in [5, 5.41) is 0. The molecule has 0 fully saturated rings. The van der Waals surface area contributed by atoms with Gasteiger partial charge in [-0.1, -0.05) is 0 Å². The van der Waals surface area contributed by atoms with Crippen LogP contribution in [0.4, 0.5) is 0 Å². The monoisotopic (exact) mass is 244 g/mol. The lowest BCUT2D eigenvalue weighted by Gasteiger charge is -2.04. The molecule has 94 valence electrons. The van der Waals surface area contributed by atoms with Crippen molar-refractivity contribution in [2.45, 2.75) is 25.9 Å². The quantitative estimate of drug-likeness (QED) is 0.798. The first-order chi connectivity index (χ1) is 8.72. The molecule has 0 N–H and O–H groups in total. The molecule has 0 amide bonds. The van der Waals surface area contributed by atoms with Crippen molar-refractivity contribution in [2.24, 2.45) is 9.98 Å². The summed E-state index contributed by atoms with van der Waals surface area (Å²) >= 11 is 0. The number of benzene rings is 1. The van der Waals surface area contributed by atoms with Crippen LogP contribution in [0.2, 0.25) is 0 Å². The van der Waals surface area contributed by atoms with Gasteiger partial charge in [-0.15, -0.1) is 0 Å². The van der Waals surface area contributed by atoms with Gasteiger partial charge in [-0.3, -0.25) is 0 Å². The summed E-state index contributed by atoms with van der Waals surface area (Å²) in [6.07, 6.45) is 0. The summed E-state index contributed by atoms with van der Waals surface area (Å²) in [4.78, 5) is 8.86. The van der Waals surface area contributed by atoms with E-state index < -0.39 is 0 Å². The fourth-order valence-corrected chi connectivity index (χ4v) is 2.02. The maximum atomic E-state index is 5.52. The second kappa shape index (κ2) is 4.44. The summed E-state index contributed by atoms with van der Waals surface area (Å²) in [6, 6.07) is 8.51. The van der Waals surface area contributed by atoms with Crippen LogP contribution in [0, 0.1) is 0 Å². The number of ether oxygens (including phenoxy) is 2. The van der Waals surface area contributed by atoms with Crippen molar-refractivity contribution in [3.8, 4) is 0 Å². The minimum atomic E-state index is 0.253. The Morgan fingerprint density at radius 2 is 1.22 bits per heavy atom. The van der Waals surface area contributed by atoms with Gasteiger partial charge in [-0.2, -0.15) is 0 Å². The molecule has 2 atom stereocenters. The lowest BCUT2D eigenvalue weighted by atomic mass is 10.1. The minimum absolute atomic E-state index is 0.253. The van der Waals surface area contributed by atoms with Gasteiger partial charge in [-0.05, 0) is 38.1 Å². The number of hydrogen-bond acceptors (Lipinski definition) is 4. The van der Waals surface area contributed by atoms with E-state index in [0.29, 0.717) is 13.2 Å². The third kappa shape index (κ3) is 2.10. The molecular formula is C14H16N2O2. The third-order valence-corrected chi connectivity index (χ3v) is 2.98. The Kier molecular flexibility index (Phi) is 2.78. The van der Waals surface area contributed by atoms with Crippen molar-refractivity contribution >= 4 is 11.8 Å². The molecule has 0 aromatic heterocycles. The molecule has 0 unspecified atom stereocenters. The smallest absolute Gasteiger partial charge is 0.216 e. The summed E-state index contributed by atoms with van der Waals surface area (Å²) in [5.41, 5.74) is 2.02. The molecule has 0 radical (unpaired) electrons. The maximum absolute atomic E-state index is 5.52. The zero-order chi connectivity index (χ0) is 12.5. The van der Waals surface area contributed by atoms with Crippen LogP contribution in [0.15, 0.2) is 34.3 Å². The van der Waals surface area contributed by atoms with Crippen molar-refractivity contribution in [1.29, 1.82) is 0 Å². The average Bonchev–Trinajstić information content (AvgIpc) is 2.98. The van der Waals surface area contributed by atoms with E-state index in [-0.39, 0.29) is 12.1 Å². The summed E-state index contributed by atoms with van der Waals surface area (Å²) < 4.78 is 11.0. The Bertz CT molecular complexity index is 458. The molecule has 4 heteroatoms.